The molecule has 0 amide bonds. The van der Waals surface area contributed by atoms with Crippen LogP contribution in [0.2, 0.25) is 0 Å². The molecular weight excluding hydrogens is 441 g/mol. The van der Waals surface area contributed by atoms with Gasteiger partial charge in [-0.25, -0.2) is 34.9 Å². The van der Waals surface area contributed by atoms with Gasteiger partial charge in [-0.1, -0.05) is 32.6 Å². The normalized spacial score (nSPS) is 11.3. The van der Waals surface area contributed by atoms with Crippen molar-refractivity contribution in [2.45, 2.75) is 70.7 Å². The van der Waals surface area contributed by atoms with Crippen molar-refractivity contribution in [2.24, 2.45) is 0 Å². The SMILES string of the molecule is CCCCCCCC[n+]1cc(C)cc(C)c1.O=S(=O)([O-])c1c(F)c(F)c(F)c(F)c1F. The molecule has 0 aliphatic rings. The lowest BCUT2D eigenvalue weighted by Gasteiger charge is -2.10. The van der Waals surface area contributed by atoms with E-state index in [0.29, 0.717) is 0 Å². The minimum absolute atomic E-state index is 1.18. The van der Waals surface area contributed by atoms with Gasteiger partial charge in [-0.15, -0.1) is 0 Å². The molecule has 1 aromatic carbocycles. The Bertz CT molecular complexity index is 948. The Morgan fingerprint density at radius 2 is 1.19 bits per heavy atom. The van der Waals surface area contributed by atoms with E-state index in [9.17, 15) is 34.9 Å². The van der Waals surface area contributed by atoms with Crippen LogP contribution in [0.25, 0.3) is 0 Å². The Labute approximate surface area is 179 Å². The molecule has 0 saturated carbocycles. The van der Waals surface area contributed by atoms with Crippen molar-refractivity contribution in [3.63, 3.8) is 0 Å². The highest BCUT2D eigenvalue weighted by Gasteiger charge is 2.28. The number of aromatic nitrogens is 1. The van der Waals surface area contributed by atoms with E-state index in [4.69, 9.17) is 0 Å². The third-order valence-electron chi connectivity index (χ3n) is 4.38. The van der Waals surface area contributed by atoms with Crippen LogP contribution in [-0.2, 0) is 16.7 Å². The van der Waals surface area contributed by atoms with E-state index in [1.54, 1.807) is 0 Å². The zero-order chi connectivity index (χ0) is 23.8. The van der Waals surface area contributed by atoms with Crippen LogP contribution in [0.3, 0.4) is 0 Å². The maximum atomic E-state index is 12.6. The Balaban J connectivity index is 0.000000311. The van der Waals surface area contributed by atoms with Crippen molar-refractivity contribution >= 4 is 10.1 Å². The number of benzene rings is 1. The largest absolute Gasteiger partial charge is 0.744 e. The maximum absolute atomic E-state index is 12.6. The summed E-state index contributed by atoms with van der Waals surface area (Å²) in [6, 6.07) is 2.23. The fourth-order valence-electron chi connectivity index (χ4n) is 3.00. The zero-order valence-corrected chi connectivity index (χ0v) is 18.5. The summed E-state index contributed by atoms with van der Waals surface area (Å²) >= 11 is 0. The van der Waals surface area contributed by atoms with E-state index in [-0.39, 0.29) is 0 Å². The van der Waals surface area contributed by atoms with Crippen molar-refractivity contribution in [3.05, 3.63) is 58.7 Å². The van der Waals surface area contributed by atoms with Crippen molar-refractivity contribution in [2.75, 3.05) is 0 Å². The first kappa shape index (κ1) is 27.0. The molecule has 0 aliphatic heterocycles. The van der Waals surface area contributed by atoms with Crippen LogP contribution in [0.1, 0.15) is 56.6 Å². The lowest BCUT2D eigenvalue weighted by atomic mass is 10.1. The fourth-order valence-corrected chi connectivity index (χ4v) is 3.62. The smallest absolute Gasteiger partial charge is 0.200 e. The molecule has 174 valence electrons. The van der Waals surface area contributed by atoms with E-state index in [0.717, 1.165) is 0 Å². The summed E-state index contributed by atoms with van der Waals surface area (Å²) in [6.45, 7) is 7.79. The van der Waals surface area contributed by atoms with Crippen LogP contribution in [0.15, 0.2) is 23.4 Å². The predicted octanol–water partition coefficient (Wildman–Crippen LogP) is 5.24. The zero-order valence-electron chi connectivity index (χ0n) is 17.7. The highest BCUT2D eigenvalue weighted by Crippen LogP contribution is 2.26. The molecular formula is C21H26F5NO3S. The highest BCUT2D eigenvalue weighted by atomic mass is 32.2. The summed E-state index contributed by atoms with van der Waals surface area (Å²) in [5.74, 6) is -12.8. The Morgan fingerprint density at radius 3 is 1.65 bits per heavy atom. The van der Waals surface area contributed by atoms with Gasteiger partial charge >= 0.3 is 0 Å². The summed E-state index contributed by atoms with van der Waals surface area (Å²) in [4.78, 5) is -2.38. The molecule has 0 fully saturated rings. The van der Waals surface area contributed by atoms with E-state index in [1.807, 2.05) is 0 Å². The van der Waals surface area contributed by atoms with Gasteiger partial charge in [-0.3, -0.25) is 0 Å². The van der Waals surface area contributed by atoms with Gasteiger partial charge in [0.15, 0.2) is 35.7 Å². The van der Waals surface area contributed by atoms with Gasteiger partial charge in [0, 0.05) is 17.5 Å². The molecule has 4 nitrogen and oxygen atoms in total. The van der Waals surface area contributed by atoms with Gasteiger partial charge in [-0.05, 0) is 26.3 Å². The number of unbranched alkanes of at least 4 members (excludes halogenated alkanes) is 5. The molecule has 2 rings (SSSR count). The topological polar surface area (TPSA) is 61.1 Å². The third-order valence-corrected chi connectivity index (χ3v) is 5.24. The number of nitrogens with zero attached hydrogens (tertiary/aromatic N) is 1. The van der Waals surface area contributed by atoms with Gasteiger partial charge in [-0.2, -0.15) is 0 Å². The van der Waals surface area contributed by atoms with Crippen molar-refractivity contribution in [1.29, 1.82) is 0 Å². The first-order valence-electron chi connectivity index (χ1n) is 9.84. The molecule has 1 aromatic heterocycles. The minimum Gasteiger partial charge on any atom is -0.744 e. The predicted molar refractivity (Wildman–Crippen MR) is 104 cm³/mol. The van der Waals surface area contributed by atoms with E-state index in [2.05, 4.69) is 43.8 Å². The van der Waals surface area contributed by atoms with Crippen LogP contribution < -0.4 is 4.57 Å². The third kappa shape index (κ3) is 8.17. The second-order valence-electron chi connectivity index (χ2n) is 7.25. The summed E-state index contributed by atoms with van der Waals surface area (Å²) in [7, 11) is -5.77. The van der Waals surface area contributed by atoms with Gasteiger partial charge in [0.25, 0.3) is 0 Å². The molecule has 2 aromatic rings. The van der Waals surface area contributed by atoms with Gasteiger partial charge in [0.1, 0.15) is 21.6 Å². The van der Waals surface area contributed by atoms with Crippen molar-refractivity contribution in [3.8, 4) is 0 Å². The quantitative estimate of drug-likeness (QED) is 0.133. The molecule has 0 unspecified atom stereocenters. The molecule has 0 N–H and O–H groups in total. The summed E-state index contributed by atoms with van der Waals surface area (Å²) in [5.41, 5.74) is 2.73. The first-order chi connectivity index (χ1) is 14.4. The highest BCUT2D eigenvalue weighted by molar-refractivity contribution is 7.85. The van der Waals surface area contributed by atoms with Gasteiger partial charge in [0.2, 0.25) is 5.82 Å². The van der Waals surface area contributed by atoms with Crippen LogP contribution in [-0.4, -0.2) is 13.0 Å². The summed E-state index contributed by atoms with van der Waals surface area (Å²) < 4.78 is 95.2. The number of hydrogen-bond donors (Lipinski definition) is 0. The average Bonchev–Trinajstić information content (AvgIpc) is 2.66. The van der Waals surface area contributed by atoms with Crippen LogP contribution >= 0.6 is 0 Å². The van der Waals surface area contributed by atoms with Gasteiger partial charge in [0.05, 0.1) is 0 Å². The van der Waals surface area contributed by atoms with Crippen molar-refractivity contribution in [1.82, 2.24) is 0 Å². The molecule has 31 heavy (non-hydrogen) atoms. The standard InChI is InChI=1S/C15H26N.C6HF5O3S/c1-4-5-6-7-8-9-10-16-12-14(2)11-15(3)13-16;7-1-2(8)4(10)6(15(12,13)14)5(11)3(1)9/h11-13H,4-10H2,1-3H3;(H,12,13,14)/q+1;/p-1. The Morgan fingerprint density at radius 1 is 0.774 bits per heavy atom. The maximum Gasteiger partial charge on any atom is 0.200 e. The number of rotatable bonds is 8. The van der Waals surface area contributed by atoms with Crippen LogP contribution in [0.4, 0.5) is 22.0 Å². The fraction of sp³-hybridized carbons (Fsp3) is 0.476. The number of aryl methyl sites for hydroxylation is 3. The molecule has 0 bridgehead atoms. The lowest BCUT2D eigenvalue weighted by Crippen LogP contribution is -2.33. The van der Waals surface area contributed by atoms with E-state index < -0.39 is 44.1 Å². The van der Waals surface area contributed by atoms with Crippen LogP contribution in [0.5, 0.6) is 0 Å². The summed E-state index contributed by atoms with van der Waals surface area (Å²) in [5, 5.41) is 0. The van der Waals surface area contributed by atoms with Gasteiger partial charge < -0.3 is 4.55 Å². The molecule has 0 spiro atoms. The molecule has 0 atom stereocenters. The number of pyridine rings is 1. The molecule has 0 aliphatic carbocycles. The van der Waals surface area contributed by atoms with Crippen LogP contribution in [0, 0.1) is 42.9 Å². The lowest BCUT2D eigenvalue weighted by molar-refractivity contribution is -0.698. The Hall–Kier alpha value is -2.07. The molecule has 0 radical (unpaired) electrons. The first-order valence-corrected chi connectivity index (χ1v) is 11.3. The van der Waals surface area contributed by atoms with Crippen molar-refractivity contribution < 1.29 is 39.5 Å². The van der Waals surface area contributed by atoms with E-state index >= 15 is 0 Å². The minimum atomic E-state index is -5.77. The number of hydrogen-bond acceptors (Lipinski definition) is 3. The molecule has 0 saturated heterocycles. The number of halogens is 5. The average molecular weight is 468 g/mol. The summed E-state index contributed by atoms with van der Waals surface area (Å²) in [6.07, 6.45) is 12.7. The monoisotopic (exact) mass is 467 g/mol. The van der Waals surface area contributed by atoms with E-state index in [1.165, 1.54) is 56.2 Å². The Kier molecular flexibility index (Phi) is 10.5. The molecule has 10 heteroatoms. The molecule has 1 heterocycles. The second-order valence-corrected chi connectivity index (χ2v) is 8.57. The second kappa shape index (κ2) is 12.1.